The molecule has 0 radical (unpaired) electrons. The Hall–Kier alpha value is -8.56. The molecule has 3 aliphatic rings. The summed E-state index contributed by atoms with van der Waals surface area (Å²) in [6, 6.07) is 98.0. The summed E-state index contributed by atoms with van der Waals surface area (Å²) in [6.45, 7) is 0. The van der Waals surface area contributed by atoms with Crippen LogP contribution in [0.25, 0.3) is 64.7 Å². The molecule has 1 heterocycles. The van der Waals surface area contributed by atoms with E-state index in [0.717, 1.165) is 11.4 Å². The van der Waals surface area contributed by atoms with Crippen molar-refractivity contribution < 1.29 is 0 Å². The molecule has 15 rings (SSSR count). The standard InChI is InChI=1S/C68H43NS/c1-2-17-46(18-3-1)67(58-26-10-4-19-50(58)51-20-5-11-27-59(51)67)47-36-40-49(41-37-47)69(48-38-33-44(34-39-48)45-35-42-65-57(43-45)55-24-9-15-32-64(55)70-65)63-31-16-25-56-54-23-8-14-30-62(54)68(66(56)63)60-28-12-6-21-52(60)53-22-7-13-29-61(53)68/h1-43H. The minimum Gasteiger partial charge on any atom is -0.310 e. The number of nitrogens with zero attached hydrogens (tertiary/aromatic N) is 1. The molecule has 0 amide bonds. The Labute approximate surface area is 411 Å². The first-order valence-electron chi connectivity index (χ1n) is 24.3. The quantitative estimate of drug-likeness (QED) is 0.161. The topological polar surface area (TPSA) is 3.24 Å². The molecule has 0 fully saturated rings. The van der Waals surface area contributed by atoms with Gasteiger partial charge in [0.05, 0.1) is 16.5 Å². The molecule has 0 saturated heterocycles. The van der Waals surface area contributed by atoms with E-state index in [9.17, 15) is 0 Å². The molecule has 1 nitrogen and oxygen atoms in total. The van der Waals surface area contributed by atoms with Crippen molar-refractivity contribution in [2.75, 3.05) is 4.90 Å². The van der Waals surface area contributed by atoms with Crippen molar-refractivity contribution in [3.63, 3.8) is 0 Å². The molecule has 1 spiro atoms. The highest BCUT2D eigenvalue weighted by molar-refractivity contribution is 7.25. The van der Waals surface area contributed by atoms with Crippen molar-refractivity contribution in [3.8, 4) is 44.5 Å². The van der Waals surface area contributed by atoms with Gasteiger partial charge in [0.2, 0.25) is 0 Å². The Morgan fingerprint density at radius 1 is 0.286 bits per heavy atom. The van der Waals surface area contributed by atoms with Gasteiger partial charge in [-0.1, -0.05) is 212 Å². The fourth-order valence-corrected chi connectivity index (χ4v) is 14.1. The van der Waals surface area contributed by atoms with E-state index in [-0.39, 0.29) is 0 Å². The van der Waals surface area contributed by atoms with Crippen LogP contribution in [0.3, 0.4) is 0 Å². The second kappa shape index (κ2) is 15.0. The van der Waals surface area contributed by atoms with E-state index < -0.39 is 10.8 Å². The number of fused-ring (bicyclic) bond motifs is 16. The van der Waals surface area contributed by atoms with Gasteiger partial charge in [0.25, 0.3) is 0 Å². The SMILES string of the molecule is c1ccc(C2(c3ccc(N(c4ccc(-c5ccc6sc7ccccc7c6c5)cc4)c4cccc5c4C4(c6ccccc6-c6ccccc64)c4ccccc4-5)cc3)c3ccccc3-c3ccccc32)cc1. The third-order valence-corrected chi connectivity index (χ3v) is 16.9. The van der Waals surface area contributed by atoms with E-state index in [4.69, 9.17) is 0 Å². The maximum Gasteiger partial charge on any atom is 0.0746 e. The highest BCUT2D eigenvalue weighted by atomic mass is 32.1. The molecule has 0 unspecified atom stereocenters. The van der Waals surface area contributed by atoms with Gasteiger partial charge < -0.3 is 4.90 Å². The van der Waals surface area contributed by atoms with Crippen LogP contribution in [0, 0.1) is 0 Å². The molecule has 2 heteroatoms. The summed E-state index contributed by atoms with van der Waals surface area (Å²) in [4.78, 5) is 2.53. The van der Waals surface area contributed by atoms with Crippen molar-refractivity contribution in [2.45, 2.75) is 10.8 Å². The summed E-state index contributed by atoms with van der Waals surface area (Å²) in [5, 5.41) is 2.63. The molecule has 3 aliphatic carbocycles. The summed E-state index contributed by atoms with van der Waals surface area (Å²) >= 11 is 1.87. The monoisotopic (exact) mass is 905 g/mol. The van der Waals surface area contributed by atoms with Crippen molar-refractivity contribution in [1.29, 1.82) is 0 Å². The van der Waals surface area contributed by atoms with E-state index in [1.807, 2.05) is 11.3 Å². The third kappa shape index (κ3) is 5.26. The van der Waals surface area contributed by atoms with E-state index in [0.29, 0.717) is 0 Å². The second-order valence-corrected chi connectivity index (χ2v) is 20.1. The van der Waals surface area contributed by atoms with Crippen LogP contribution in [0.15, 0.2) is 261 Å². The Morgan fingerprint density at radius 3 is 1.30 bits per heavy atom. The fourth-order valence-electron chi connectivity index (χ4n) is 13.0. The molecule has 0 aliphatic heterocycles. The van der Waals surface area contributed by atoms with Crippen LogP contribution in [-0.2, 0) is 10.8 Å². The number of hydrogen-bond acceptors (Lipinski definition) is 2. The summed E-state index contributed by atoms with van der Waals surface area (Å²) in [7, 11) is 0. The first-order valence-corrected chi connectivity index (χ1v) is 25.1. The van der Waals surface area contributed by atoms with Gasteiger partial charge in [0.1, 0.15) is 0 Å². The largest absolute Gasteiger partial charge is 0.310 e. The number of thiophene rings is 1. The van der Waals surface area contributed by atoms with Crippen LogP contribution in [0.1, 0.15) is 44.5 Å². The summed E-state index contributed by atoms with van der Waals surface area (Å²) in [5.41, 5.74) is 23.0. The molecule has 12 aromatic rings. The van der Waals surface area contributed by atoms with Crippen LogP contribution in [0.4, 0.5) is 17.1 Å². The number of hydrogen-bond donors (Lipinski definition) is 0. The zero-order valence-corrected chi connectivity index (χ0v) is 39.0. The average Bonchev–Trinajstić information content (AvgIpc) is 4.15. The molecule has 326 valence electrons. The highest BCUT2D eigenvalue weighted by Gasteiger charge is 2.53. The Bertz CT molecular complexity index is 3960. The van der Waals surface area contributed by atoms with Gasteiger partial charge in [-0.15, -0.1) is 11.3 Å². The lowest BCUT2D eigenvalue weighted by molar-refractivity contribution is 0.768. The molecular formula is C68H43NS. The highest BCUT2D eigenvalue weighted by Crippen LogP contribution is 2.65. The predicted octanol–water partition coefficient (Wildman–Crippen LogP) is 17.9. The molecule has 0 bridgehead atoms. The smallest absolute Gasteiger partial charge is 0.0746 e. The molecular weight excluding hydrogens is 863 g/mol. The van der Waals surface area contributed by atoms with Crippen LogP contribution in [-0.4, -0.2) is 0 Å². The van der Waals surface area contributed by atoms with Crippen LogP contribution in [0.2, 0.25) is 0 Å². The van der Waals surface area contributed by atoms with Crippen molar-refractivity contribution in [3.05, 3.63) is 305 Å². The maximum absolute atomic E-state index is 2.53. The number of rotatable bonds is 6. The third-order valence-electron chi connectivity index (χ3n) is 15.8. The first kappa shape index (κ1) is 39.4. The molecule has 11 aromatic carbocycles. The Morgan fingerprint density at radius 2 is 0.714 bits per heavy atom. The predicted molar refractivity (Wildman–Crippen MR) is 293 cm³/mol. The molecule has 0 atom stereocenters. The minimum atomic E-state index is -0.527. The number of benzene rings is 11. The van der Waals surface area contributed by atoms with Crippen LogP contribution >= 0.6 is 11.3 Å². The van der Waals surface area contributed by atoms with Crippen molar-refractivity contribution in [1.82, 2.24) is 0 Å². The van der Waals surface area contributed by atoms with E-state index >= 15 is 0 Å². The van der Waals surface area contributed by atoms with Gasteiger partial charge in [0.15, 0.2) is 0 Å². The first-order chi connectivity index (χ1) is 34.7. The van der Waals surface area contributed by atoms with Gasteiger partial charge in [-0.05, 0) is 132 Å². The summed E-state index contributed by atoms with van der Waals surface area (Å²) in [6.07, 6.45) is 0. The number of anilines is 3. The Balaban J connectivity index is 0.964. The van der Waals surface area contributed by atoms with E-state index in [1.165, 1.54) is 115 Å². The van der Waals surface area contributed by atoms with Gasteiger partial charge >= 0.3 is 0 Å². The van der Waals surface area contributed by atoms with E-state index in [1.54, 1.807) is 0 Å². The summed E-state index contributed by atoms with van der Waals surface area (Å²) in [5.74, 6) is 0. The van der Waals surface area contributed by atoms with E-state index in [2.05, 4.69) is 266 Å². The normalized spacial score (nSPS) is 13.9. The molecule has 0 saturated carbocycles. The molecule has 1 aromatic heterocycles. The van der Waals surface area contributed by atoms with Gasteiger partial charge in [-0.3, -0.25) is 0 Å². The lowest BCUT2D eigenvalue weighted by atomic mass is 9.67. The Kier molecular flexibility index (Phi) is 8.43. The van der Waals surface area contributed by atoms with Crippen LogP contribution in [0.5, 0.6) is 0 Å². The van der Waals surface area contributed by atoms with Gasteiger partial charge in [0, 0.05) is 37.1 Å². The maximum atomic E-state index is 2.53. The van der Waals surface area contributed by atoms with Gasteiger partial charge in [-0.2, -0.15) is 0 Å². The zero-order chi connectivity index (χ0) is 46.0. The van der Waals surface area contributed by atoms with Crippen molar-refractivity contribution >= 4 is 48.6 Å². The summed E-state index contributed by atoms with van der Waals surface area (Å²) < 4.78 is 2.64. The second-order valence-electron chi connectivity index (χ2n) is 19.0. The van der Waals surface area contributed by atoms with Gasteiger partial charge in [-0.25, -0.2) is 0 Å². The van der Waals surface area contributed by atoms with Crippen molar-refractivity contribution in [2.24, 2.45) is 0 Å². The average molecular weight is 906 g/mol. The lowest BCUT2D eigenvalue weighted by Crippen LogP contribution is -2.29. The molecule has 0 N–H and O–H groups in total. The fraction of sp³-hybridized carbons (Fsp3) is 0.0294. The minimum absolute atomic E-state index is 0.495. The lowest BCUT2D eigenvalue weighted by Gasteiger charge is -2.36. The zero-order valence-electron chi connectivity index (χ0n) is 38.2. The van der Waals surface area contributed by atoms with Crippen LogP contribution < -0.4 is 4.90 Å². The molecule has 70 heavy (non-hydrogen) atoms.